The molecule has 1 N–H and O–H groups in total. The number of fused-ring (bicyclic) bond motifs is 1. The first-order valence-corrected chi connectivity index (χ1v) is 5.46. The van der Waals surface area contributed by atoms with Crippen molar-refractivity contribution in [2.24, 2.45) is 7.05 Å². The summed E-state index contributed by atoms with van der Waals surface area (Å²) in [7, 11) is 2.00. The van der Waals surface area contributed by atoms with Gasteiger partial charge in [-0.05, 0) is 12.1 Å². The van der Waals surface area contributed by atoms with Gasteiger partial charge in [-0.2, -0.15) is 0 Å². The molecule has 2 aromatic rings. The fraction of sp³-hybridized carbons (Fsp3) is 0.300. The number of nitrogens with zero attached hydrogens (tertiary/aromatic N) is 2. The van der Waals surface area contributed by atoms with Gasteiger partial charge in [-0.1, -0.05) is 23.9 Å². The van der Waals surface area contributed by atoms with Crippen molar-refractivity contribution in [3.63, 3.8) is 0 Å². The maximum Gasteiger partial charge on any atom is 0.168 e. The topological polar surface area (TPSA) is 38.0 Å². The second-order valence-corrected chi connectivity index (χ2v) is 4.08. The van der Waals surface area contributed by atoms with E-state index >= 15 is 0 Å². The molecule has 0 radical (unpaired) electrons. The van der Waals surface area contributed by atoms with E-state index in [0.29, 0.717) is 5.75 Å². The maximum atomic E-state index is 8.74. The fourth-order valence-corrected chi connectivity index (χ4v) is 2.12. The molecule has 0 bridgehead atoms. The molecular weight excluding hydrogens is 196 g/mol. The van der Waals surface area contributed by atoms with Crippen LogP contribution in [0.3, 0.4) is 0 Å². The smallest absolute Gasteiger partial charge is 0.168 e. The number of hydrogen-bond donors (Lipinski definition) is 1. The predicted octanol–water partition coefficient (Wildman–Crippen LogP) is 1.66. The number of para-hydroxylation sites is 2. The molecule has 0 fully saturated rings. The summed E-state index contributed by atoms with van der Waals surface area (Å²) < 4.78 is 2.05. The van der Waals surface area contributed by atoms with Crippen molar-refractivity contribution in [2.45, 2.75) is 5.16 Å². The van der Waals surface area contributed by atoms with Crippen molar-refractivity contribution in [2.75, 3.05) is 12.4 Å². The van der Waals surface area contributed by atoms with Gasteiger partial charge < -0.3 is 9.67 Å². The first-order valence-electron chi connectivity index (χ1n) is 4.48. The number of aliphatic hydroxyl groups excluding tert-OH is 1. The van der Waals surface area contributed by atoms with Crippen LogP contribution in [0.15, 0.2) is 29.4 Å². The zero-order valence-corrected chi connectivity index (χ0v) is 8.79. The second kappa shape index (κ2) is 4.02. The highest BCUT2D eigenvalue weighted by Gasteiger charge is 2.06. The van der Waals surface area contributed by atoms with Gasteiger partial charge >= 0.3 is 0 Å². The number of aryl methyl sites for hydroxylation is 1. The zero-order valence-electron chi connectivity index (χ0n) is 7.97. The third-order valence-corrected chi connectivity index (χ3v) is 3.08. The lowest BCUT2D eigenvalue weighted by atomic mass is 10.3. The molecular formula is C10H12N2OS. The predicted molar refractivity (Wildman–Crippen MR) is 58.5 cm³/mol. The van der Waals surface area contributed by atoms with E-state index in [2.05, 4.69) is 9.55 Å². The van der Waals surface area contributed by atoms with E-state index in [4.69, 9.17) is 5.11 Å². The Labute approximate surface area is 86.8 Å². The number of rotatable bonds is 3. The van der Waals surface area contributed by atoms with Crippen LogP contribution in [0.25, 0.3) is 11.0 Å². The number of imidazole rings is 1. The minimum absolute atomic E-state index is 0.188. The van der Waals surface area contributed by atoms with Crippen LogP contribution >= 0.6 is 11.8 Å². The lowest BCUT2D eigenvalue weighted by molar-refractivity contribution is 0.322. The monoisotopic (exact) mass is 208 g/mol. The molecule has 3 nitrogen and oxygen atoms in total. The minimum atomic E-state index is 0.188. The summed E-state index contributed by atoms with van der Waals surface area (Å²) in [5, 5.41) is 9.69. The molecule has 0 aliphatic heterocycles. The largest absolute Gasteiger partial charge is 0.396 e. The van der Waals surface area contributed by atoms with E-state index in [1.54, 1.807) is 11.8 Å². The SMILES string of the molecule is Cn1c(SCCO)nc2ccccc21. The molecule has 0 aliphatic carbocycles. The molecule has 0 saturated carbocycles. The molecule has 2 rings (SSSR count). The molecule has 74 valence electrons. The van der Waals surface area contributed by atoms with Crippen molar-refractivity contribution in [1.29, 1.82) is 0 Å². The first kappa shape index (κ1) is 9.55. The molecule has 0 atom stereocenters. The van der Waals surface area contributed by atoms with E-state index in [0.717, 1.165) is 16.2 Å². The summed E-state index contributed by atoms with van der Waals surface area (Å²) in [6.07, 6.45) is 0. The zero-order chi connectivity index (χ0) is 9.97. The van der Waals surface area contributed by atoms with Gasteiger partial charge in [0.2, 0.25) is 0 Å². The Morgan fingerprint density at radius 3 is 2.93 bits per heavy atom. The van der Waals surface area contributed by atoms with Crippen molar-refractivity contribution in [3.05, 3.63) is 24.3 Å². The number of benzene rings is 1. The standard InChI is InChI=1S/C10H12N2OS/c1-12-9-5-3-2-4-8(9)11-10(12)14-7-6-13/h2-5,13H,6-7H2,1H3. The van der Waals surface area contributed by atoms with Crippen LogP contribution in [0.4, 0.5) is 0 Å². The Kier molecular flexibility index (Phi) is 2.74. The van der Waals surface area contributed by atoms with E-state index in [1.807, 2.05) is 31.3 Å². The lowest BCUT2D eigenvalue weighted by Gasteiger charge is -1.99. The number of aliphatic hydroxyl groups is 1. The summed E-state index contributed by atoms with van der Waals surface area (Å²) in [5.74, 6) is 0.692. The van der Waals surface area contributed by atoms with E-state index in [-0.39, 0.29) is 6.61 Å². The molecule has 0 unspecified atom stereocenters. The number of hydrogen-bond acceptors (Lipinski definition) is 3. The lowest BCUT2D eigenvalue weighted by Crippen LogP contribution is -1.93. The van der Waals surface area contributed by atoms with Crippen molar-refractivity contribution in [1.82, 2.24) is 9.55 Å². The first-order chi connectivity index (χ1) is 6.83. The average molecular weight is 208 g/mol. The molecule has 1 aromatic carbocycles. The molecule has 0 saturated heterocycles. The average Bonchev–Trinajstić information content (AvgIpc) is 2.54. The third kappa shape index (κ3) is 1.63. The fourth-order valence-electron chi connectivity index (χ4n) is 1.39. The van der Waals surface area contributed by atoms with Crippen molar-refractivity contribution in [3.8, 4) is 0 Å². The van der Waals surface area contributed by atoms with Gasteiger partial charge in [0.15, 0.2) is 5.16 Å². The Bertz CT molecular complexity index is 439. The summed E-state index contributed by atoms with van der Waals surface area (Å²) in [5.41, 5.74) is 2.14. The molecule has 1 aromatic heterocycles. The molecule has 1 heterocycles. The second-order valence-electron chi connectivity index (χ2n) is 3.01. The van der Waals surface area contributed by atoms with E-state index in [1.165, 1.54) is 0 Å². The Morgan fingerprint density at radius 2 is 2.21 bits per heavy atom. The summed E-state index contributed by atoms with van der Waals surface area (Å²) in [6.45, 7) is 0.188. The highest BCUT2D eigenvalue weighted by atomic mass is 32.2. The molecule has 14 heavy (non-hydrogen) atoms. The summed E-state index contributed by atoms with van der Waals surface area (Å²) in [4.78, 5) is 4.46. The number of aromatic nitrogens is 2. The van der Waals surface area contributed by atoms with Crippen molar-refractivity contribution >= 4 is 22.8 Å². The van der Waals surface area contributed by atoms with E-state index in [9.17, 15) is 0 Å². The van der Waals surface area contributed by atoms with Crippen LogP contribution in [0.2, 0.25) is 0 Å². The van der Waals surface area contributed by atoms with Gasteiger partial charge in [-0.15, -0.1) is 0 Å². The molecule has 0 aliphatic rings. The Hall–Kier alpha value is -1.00. The molecule has 4 heteroatoms. The van der Waals surface area contributed by atoms with Gasteiger partial charge in [-0.3, -0.25) is 0 Å². The van der Waals surface area contributed by atoms with Crippen LogP contribution in [0.1, 0.15) is 0 Å². The third-order valence-electron chi connectivity index (χ3n) is 2.07. The highest BCUT2D eigenvalue weighted by molar-refractivity contribution is 7.99. The quantitative estimate of drug-likeness (QED) is 0.779. The molecule has 0 amide bonds. The van der Waals surface area contributed by atoms with Crippen LogP contribution in [0, 0.1) is 0 Å². The minimum Gasteiger partial charge on any atom is -0.396 e. The Balaban J connectivity index is 2.41. The molecule has 0 spiro atoms. The number of thioether (sulfide) groups is 1. The Morgan fingerprint density at radius 1 is 1.43 bits per heavy atom. The summed E-state index contributed by atoms with van der Waals surface area (Å²) in [6, 6.07) is 8.03. The van der Waals surface area contributed by atoms with E-state index < -0.39 is 0 Å². The van der Waals surface area contributed by atoms with Gasteiger partial charge in [0.05, 0.1) is 17.6 Å². The highest BCUT2D eigenvalue weighted by Crippen LogP contribution is 2.21. The summed E-state index contributed by atoms with van der Waals surface area (Å²) >= 11 is 1.57. The van der Waals surface area contributed by atoms with Gasteiger partial charge in [0, 0.05) is 12.8 Å². The van der Waals surface area contributed by atoms with Gasteiger partial charge in [0.25, 0.3) is 0 Å². The van der Waals surface area contributed by atoms with Gasteiger partial charge in [-0.25, -0.2) is 4.98 Å². The van der Waals surface area contributed by atoms with Crippen LogP contribution < -0.4 is 0 Å². The maximum absolute atomic E-state index is 8.74. The normalized spacial score (nSPS) is 11.0. The van der Waals surface area contributed by atoms with Crippen molar-refractivity contribution < 1.29 is 5.11 Å². The van der Waals surface area contributed by atoms with Gasteiger partial charge in [0.1, 0.15) is 0 Å². The van der Waals surface area contributed by atoms with Crippen LogP contribution in [0.5, 0.6) is 0 Å². The van der Waals surface area contributed by atoms with Crippen LogP contribution in [-0.4, -0.2) is 27.0 Å². The van der Waals surface area contributed by atoms with Crippen LogP contribution in [-0.2, 0) is 7.05 Å².